The molecule has 0 amide bonds. The van der Waals surface area contributed by atoms with Crippen LogP contribution in [0.15, 0.2) is 23.4 Å². The lowest BCUT2D eigenvalue weighted by Crippen LogP contribution is -1.98. The Balaban J connectivity index is 2.02. The van der Waals surface area contributed by atoms with Crippen LogP contribution in [-0.2, 0) is 0 Å². The third-order valence-corrected chi connectivity index (χ3v) is 3.41. The number of nitrogens with zero attached hydrogens (tertiary/aromatic N) is 1. The van der Waals surface area contributed by atoms with Crippen LogP contribution < -0.4 is 5.73 Å². The maximum atomic E-state index is 5.45. The number of nitrogens with two attached hydrogens (primary N) is 1. The molecule has 0 fully saturated rings. The molecule has 0 atom stereocenters. The van der Waals surface area contributed by atoms with E-state index < -0.39 is 0 Å². The van der Waals surface area contributed by atoms with Crippen molar-refractivity contribution < 1.29 is 0 Å². The SMILES string of the molecule is Cc1ccc2nc(SCCCCN)[nH]c2c1. The maximum absolute atomic E-state index is 5.45. The molecule has 0 aliphatic rings. The van der Waals surface area contributed by atoms with Crippen molar-refractivity contribution in [2.45, 2.75) is 24.9 Å². The van der Waals surface area contributed by atoms with E-state index in [4.69, 9.17) is 5.73 Å². The van der Waals surface area contributed by atoms with Gasteiger partial charge in [0.1, 0.15) is 0 Å². The molecule has 0 radical (unpaired) electrons. The largest absolute Gasteiger partial charge is 0.333 e. The van der Waals surface area contributed by atoms with Gasteiger partial charge < -0.3 is 10.7 Å². The fourth-order valence-electron chi connectivity index (χ4n) is 1.58. The van der Waals surface area contributed by atoms with Crippen LogP contribution in [0.4, 0.5) is 0 Å². The minimum Gasteiger partial charge on any atom is -0.333 e. The third kappa shape index (κ3) is 2.77. The Labute approximate surface area is 99.8 Å². The van der Waals surface area contributed by atoms with Crippen LogP contribution in [0.5, 0.6) is 0 Å². The Morgan fingerprint density at radius 3 is 3.06 bits per heavy atom. The molecular formula is C12H17N3S. The molecule has 0 aliphatic heterocycles. The molecule has 16 heavy (non-hydrogen) atoms. The Morgan fingerprint density at radius 1 is 1.38 bits per heavy atom. The quantitative estimate of drug-likeness (QED) is 0.619. The molecule has 0 unspecified atom stereocenters. The van der Waals surface area contributed by atoms with Gasteiger partial charge in [0.2, 0.25) is 0 Å². The molecule has 1 aromatic carbocycles. The zero-order valence-electron chi connectivity index (χ0n) is 9.49. The lowest BCUT2D eigenvalue weighted by Gasteiger charge is -1.95. The van der Waals surface area contributed by atoms with Gasteiger partial charge in [0.15, 0.2) is 5.16 Å². The molecule has 1 aromatic heterocycles. The summed E-state index contributed by atoms with van der Waals surface area (Å²) >= 11 is 1.77. The highest BCUT2D eigenvalue weighted by atomic mass is 32.2. The van der Waals surface area contributed by atoms with Gasteiger partial charge in [-0.05, 0) is 44.0 Å². The number of benzene rings is 1. The lowest BCUT2D eigenvalue weighted by molar-refractivity contribution is 0.813. The predicted octanol–water partition coefficient (Wildman–Crippen LogP) is 2.70. The van der Waals surface area contributed by atoms with Gasteiger partial charge in [-0.2, -0.15) is 0 Å². The van der Waals surface area contributed by atoms with E-state index in [9.17, 15) is 0 Å². The van der Waals surface area contributed by atoms with E-state index >= 15 is 0 Å². The van der Waals surface area contributed by atoms with E-state index in [2.05, 4.69) is 35.1 Å². The molecule has 86 valence electrons. The highest BCUT2D eigenvalue weighted by molar-refractivity contribution is 7.99. The van der Waals surface area contributed by atoms with Crippen LogP contribution in [0.2, 0.25) is 0 Å². The molecular weight excluding hydrogens is 218 g/mol. The summed E-state index contributed by atoms with van der Waals surface area (Å²) in [6, 6.07) is 6.28. The molecule has 4 heteroatoms. The highest BCUT2D eigenvalue weighted by Crippen LogP contribution is 2.20. The number of hydrogen-bond acceptors (Lipinski definition) is 3. The first-order chi connectivity index (χ1) is 7.79. The van der Waals surface area contributed by atoms with E-state index in [0.29, 0.717) is 0 Å². The summed E-state index contributed by atoms with van der Waals surface area (Å²) in [6.45, 7) is 2.87. The Morgan fingerprint density at radius 2 is 2.25 bits per heavy atom. The third-order valence-electron chi connectivity index (χ3n) is 2.45. The fraction of sp³-hybridized carbons (Fsp3) is 0.417. The van der Waals surface area contributed by atoms with Gasteiger partial charge in [0, 0.05) is 5.75 Å². The number of unbranched alkanes of at least 4 members (excludes halogenated alkanes) is 1. The molecule has 0 saturated heterocycles. The fourth-order valence-corrected chi connectivity index (χ4v) is 2.47. The molecule has 2 aromatic rings. The van der Waals surface area contributed by atoms with Crippen molar-refractivity contribution in [1.29, 1.82) is 0 Å². The van der Waals surface area contributed by atoms with Gasteiger partial charge in [-0.1, -0.05) is 17.8 Å². The summed E-state index contributed by atoms with van der Waals surface area (Å²) in [5.41, 5.74) is 8.89. The van der Waals surface area contributed by atoms with Crippen LogP contribution in [0.1, 0.15) is 18.4 Å². The summed E-state index contributed by atoms with van der Waals surface area (Å²) in [5.74, 6) is 1.08. The minimum absolute atomic E-state index is 0.778. The number of H-pyrrole nitrogens is 1. The summed E-state index contributed by atoms with van der Waals surface area (Å²) < 4.78 is 0. The van der Waals surface area contributed by atoms with Gasteiger partial charge in [0.05, 0.1) is 11.0 Å². The van der Waals surface area contributed by atoms with Gasteiger partial charge >= 0.3 is 0 Å². The Bertz CT molecular complexity index is 464. The lowest BCUT2D eigenvalue weighted by atomic mass is 10.2. The van der Waals surface area contributed by atoms with Gasteiger partial charge in [-0.3, -0.25) is 0 Å². The van der Waals surface area contributed by atoms with Crippen LogP contribution in [-0.4, -0.2) is 22.3 Å². The number of thioether (sulfide) groups is 1. The minimum atomic E-state index is 0.778. The monoisotopic (exact) mass is 235 g/mol. The number of imidazole rings is 1. The van der Waals surface area contributed by atoms with Gasteiger partial charge in [-0.25, -0.2) is 4.98 Å². The summed E-state index contributed by atoms with van der Waals surface area (Å²) in [6.07, 6.45) is 2.24. The van der Waals surface area contributed by atoms with E-state index in [1.165, 1.54) is 5.56 Å². The summed E-state index contributed by atoms with van der Waals surface area (Å²) in [4.78, 5) is 7.86. The van der Waals surface area contributed by atoms with E-state index in [0.717, 1.165) is 41.3 Å². The van der Waals surface area contributed by atoms with Crippen LogP contribution in [0, 0.1) is 6.92 Å². The maximum Gasteiger partial charge on any atom is 0.166 e. The van der Waals surface area contributed by atoms with E-state index in [-0.39, 0.29) is 0 Å². The molecule has 2 rings (SSSR count). The summed E-state index contributed by atoms with van der Waals surface area (Å²) in [5, 5.41) is 1.01. The topological polar surface area (TPSA) is 54.7 Å². The van der Waals surface area contributed by atoms with Crippen LogP contribution in [0.25, 0.3) is 11.0 Å². The van der Waals surface area contributed by atoms with Gasteiger partial charge in [-0.15, -0.1) is 0 Å². The van der Waals surface area contributed by atoms with Crippen molar-refractivity contribution >= 4 is 22.8 Å². The average molecular weight is 235 g/mol. The van der Waals surface area contributed by atoms with E-state index in [1.807, 2.05) is 0 Å². The number of rotatable bonds is 5. The van der Waals surface area contributed by atoms with Crippen molar-refractivity contribution in [2.24, 2.45) is 5.73 Å². The normalized spacial score (nSPS) is 11.1. The van der Waals surface area contributed by atoms with Crippen molar-refractivity contribution in [2.75, 3.05) is 12.3 Å². The second kappa shape index (κ2) is 5.37. The van der Waals surface area contributed by atoms with Gasteiger partial charge in [0.25, 0.3) is 0 Å². The number of aromatic amines is 1. The molecule has 0 aliphatic carbocycles. The molecule has 3 nitrogen and oxygen atoms in total. The molecule has 0 bridgehead atoms. The number of fused-ring (bicyclic) bond motifs is 1. The van der Waals surface area contributed by atoms with Crippen LogP contribution in [0.3, 0.4) is 0 Å². The first-order valence-corrected chi connectivity index (χ1v) is 6.57. The molecule has 3 N–H and O–H groups in total. The zero-order chi connectivity index (χ0) is 11.4. The van der Waals surface area contributed by atoms with Crippen molar-refractivity contribution in [1.82, 2.24) is 9.97 Å². The van der Waals surface area contributed by atoms with Crippen LogP contribution >= 0.6 is 11.8 Å². The smallest absolute Gasteiger partial charge is 0.166 e. The average Bonchev–Trinajstić information content (AvgIpc) is 2.66. The van der Waals surface area contributed by atoms with Crippen molar-refractivity contribution in [3.63, 3.8) is 0 Å². The summed E-state index contributed by atoms with van der Waals surface area (Å²) in [7, 11) is 0. The first-order valence-electron chi connectivity index (χ1n) is 5.59. The molecule has 0 spiro atoms. The van der Waals surface area contributed by atoms with E-state index in [1.54, 1.807) is 11.8 Å². The first kappa shape index (κ1) is 11.5. The van der Waals surface area contributed by atoms with Crippen molar-refractivity contribution in [3.8, 4) is 0 Å². The predicted molar refractivity (Wildman–Crippen MR) is 69.8 cm³/mol. The molecule has 0 saturated carbocycles. The number of nitrogens with one attached hydrogen (secondary N) is 1. The standard InChI is InChI=1S/C12H17N3S/c1-9-4-5-10-11(8-9)15-12(14-10)16-7-3-2-6-13/h4-5,8H,2-3,6-7,13H2,1H3,(H,14,15). The van der Waals surface area contributed by atoms with Crippen molar-refractivity contribution in [3.05, 3.63) is 23.8 Å². The number of aryl methyl sites for hydroxylation is 1. The second-order valence-electron chi connectivity index (χ2n) is 3.91. The zero-order valence-corrected chi connectivity index (χ0v) is 10.3. The second-order valence-corrected chi connectivity index (χ2v) is 4.99. The number of aromatic nitrogens is 2. The highest BCUT2D eigenvalue weighted by Gasteiger charge is 2.02. The number of hydrogen-bond donors (Lipinski definition) is 2. The Hall–Kier alpha value is -1.00. The molecule has 1 heterocycles. The Kier molecular flexibility index (Phi) is 3.85.